The SMILES string of the molecule is O=S(=O)(C1=Cc2ccc(OC(F)F)cc2CC1)N1CCCCC1c1ccn[nH]1. The lowest BCUT2D eigenvalue weighted by Crippen LogP contribution is -2.39. The van der Waals surface area contributed by atoms with E-state index in [1.54, 1.807) is 28.7 Å². The Bertz CT molecular complexity index is 974. The smallest absolute Gasteiger partial charge is 0.387 e. The van der Waals surface area contributed by atoms with E-state index in [-0.39, 0.29) is 11.8 Å². The number of nitrogens with zero attached hydrogens (tertiary/aromatic N) is 2. The lowest BCUT2D eigenvalue weighted by Gasteiger charge is -2.35. The average molecular weight is 409 g/mol. The van der Waals surface area contributed by atoms with Gasteiger partial charge < -0.3 is 4.74 Å². The Morgan fingerprint density at radius 1 is 1.21 bits per heavy atom. The van der Waals surface area contributed by atoms with Gasteiger partial charge in [-0.15, -0.1) is 0 Å². The van der Waals surface area contributed by atoms with Crippen LogP contribution < -0.4 is 4.74 Å². The van der Waals surface area contributed by atoms with Crippen LogP contribution in [0.3, 0.4) is 0 Å². The van der Waals surface area contributed by atoms with E-state index >= 15 is 0 Å². The highest BCUT2D eigenvalue weighted by Gasteiger charge is 2.36. The summed E-state index contributed by atoms with van der Waals surface area (Å²) in [5.41, 5.74) is 2.33. The Labute approximate surface area is 162 Å². The highest BCUT2D eigenvalue weighted by atomic mass is 32.2. The second kappa shape index (κ2) is 7.63. The molecule has 1 aliphatic carbocycles. The van der Waals surface area contributed by atoms with Gasteiger partial charge in [0, 0.05) is 12.7 Å². The van der Waals surface area contributed by atoms with Crippen LogP contribution in [0.5, 0.6) is 5.75 Å². The molecule has 28 heavy (non-hydrogen) atoms. The van der Waals surface area contributed by atoms with E-state index in [0.717, 1.165) is 36.1 Å². The molecule has 1 aromatic heterocycles. The normalized spacial score (nSPS) is 20.7. The predicted octanol–water partition coefficient (Wildman–Crippen LogP) is 3.86. The number of nitrogens with one attached hydrogen (secondary N) is 1. The number of fused-ring (bicyclic) bond motifs is 1. The standard InChI is InChI=1S/C19H21F2N3O3S/c20-19(21)27-15-6-4-14-12-16(7-5-13(14)11-15)28(25,26)24-10-2-1-3-18(24)17-8-9-22-23-17/h4,6,8-9,11-12,18-19H,1-3,5,7,10H2,(H,22,23). The lowest BCUT2D eigenvalue weighted by atomic mass is 9.97. The summed E-state index contributed by atoms with van der Waals surface area (Å²) in [5.74, 6) is 0.0868. The molecule has 0 bridgehead atoms. The summed E-state index contributed by atoms with van der Waals surface area (Å²) in [7, 11) is -3.64. The van der Waals surface area contributed by atoms with Gasteiger partial charge in [-0.3, -0.25) is 5.10 Å². The largest absolute Gasteiger partial charge is 0.435 e. The summed E-state index contributed by atoms with van der Waals surface area (Å²) >= 11 is 0. The van der Waals surface area contributed by atoms with Crippen LogP contribution >= 0.6 is 0 Å². The first kappa shape index (κ1) is 19.1. The molecule has 0 amide bonds. The van der Waals surface area contributed by atoms with E-state index in [9.17, 15) is 17.2 Å². The average Bonchev–Trinajstić information content (AvgIpc) is 3.22. The van der Waals surface area contributed by atoms with E-state index in [4.69, 9.17) is 0 Å². The fourth-order valence-electron chi connectivity index (χ4n) is 3.93. The summed E-state index contributed by atoms with van der Waals surface area (Å²) < 4.78 is 57.5. The summed E-state index contributed by atoms with van der Waals surface area (Å²) in [6, 6.07) is 6.18. The number of aryl methyl sites for hydroxylation is 1. The number of aromatic amines is 1. The molecule has 6 nitrogen and oxygen atoms in total. The molecule has 0 spiro atoms. The maximum absolute atomic E-state index is 13.4. The van der Waals surface area contributed by atoms with E-state index in [1.165, 1.54) is 6.07 Å². The maximum Gasteiger partial charge on any atom is 0.387 e. The number of hydrogen-bond acceptors (Lipinski definition) is 4. The second-order valence-corrected chi connectivity index (χ2v) is 8.93. The van der Waals surface area contributed by atoms with Gasteiger partial charge in [0.05, 0.1) is 16.6 Å². The Morgan fingerprint density at radius 2 is 2.07 bits per heavy atom. The van der Waals surface area contributed by atoms with Crippen LogP contribution in [0, 0.1) is 0 Å². The van der Waals surface area contributed by atoms with Gasteiger partial charge in [-0.25, -0.2) is 8.42 Å². The number of aromatic nitrogens is 2. The van der Waals surface area contributed by atoms with Gasteiger partial charge in [0.1, 0.15) is 5.75 Å². The first-order valence-electron chi connectivity index (χ1n) is 9.24. The number of alkyl halides is 2. The monoisotopic (exact) mass is 409 g/mol. The van der Waals surface area contributed by atoms with Crippen molar-refractivity contribution in [3.63, 3.8) is 0 Å². The topological polar surface area (TPSA) is 75.3 Å². The van der Waals surface area contributed by atoms with E-state index in [0.29, 0.717) is 24.3 Å². The molecule has 1 atom stereocenters. The lowest BCUT2D eigenvalue weighted by molar-refractivity contribution is -0.0498. The van der Waals surface area contributed by atoms with Crippen molar-refractivity contribution in [3.8, 4) is 5.75 Å². The summed E-state index contributed by atoms with van der Waals surface area (Å²) in [4.78, 5) is 0.356. The van der Waals surface area contributed by atoms with Crippen molar-refractivity contribution >= 4 is 16.1 Å². The zero-order valence-corrected chi connectivity index (χ0v) is 16.0. The number of piperidine rings is 1. The molecule has 150 valence electrons. The molecule has 0 radical (unpaired) electrons. The molecule has 9 heteroatoms. The van der Waals surface area contributed by atoms with Gasteiger partial charge >= 0.3 is 6.61 Å². The molecule has 2 aromatic rings. The number of H-pyrrole nitrogens is 1. The highest BCUT2D eigenvalue weighted by molar-refractivity contribution is 7.93. The van der Waals surface area contributed by atoms with Gasteiger partial charge in [-0.1, -0.05) is 12.5 Å². The van der Waals surface area contributed by atoms with E-state index < -0.39 is 16.6 Å². The molecule has 1 saturated heterocycles. The number of sulfonamides is 1. The zero-order valence-electron chi connectivity index (χ0n) is 15.1. The van der Waals surface area contributed by atoms with Crippen molar-refractivity contribution in [1.29, 1.82) is 0 Å². The molecule has 4 rings (SSSR count). The predicted molar refractivity (Wildman–Crippen MR) is 100 cm³/mol. The van der Waals surface area contributed by atoms with Crippen LogP contribution in [-0.2, 0) is 16.4 Å². The van der Waals surface area contributed by atoms with Crippen molar-refractivity contribution in [3.05, 3.63) is 52.2 Å². The third-order valence-corrected chi connectivity index (χ3v) is 7.31. The third-order valence-electron chi connectivity index (χ3n) is 5.27. The first-order chi connectivity index (χ1) is 13.4. The molecule has 2 heterocycles. The van der Waals surface area contributed by atoms with Crippen LogP contribution in [0.1, 0.15) is 48.5 Å². The van der Waals surface area contributed by atoms with Crippen molar-refractivity contribution in [1.82, 2.24) is 14.5 Å². The van der Waals surface area contributed by atoms with Crippen molar-refractivity contribution in [2.75, 3.05) is 6.54 Å². The Morgan fingerprint density at radius 3 is 2.82 bits per heavy atom. The van der Waals surface area contributed by atoms with Crippen LogP contribution in [0.4, 0.5) is 8.78 Å². The number of allylic oxidation sites excluding steroid dienone is 1. The Kier molecular flexibility index (Phi) is 5.20. The molecule has 0 saturated carbocycles. The number of hydrogen-bond donors (Lipinski definition) is 1. The molecule has 1 fully saturated rings. The molecular weight excluding hydrogens is 388 g/mol. The minimum atomic E-state index is -3.64. The summed E-state index contributed by atoms with van der Waals surface area (Å²) in [5, 5.41) is 6.86. The first-order valence-corrected chi connectivity index (χ1v) is 10.7. The number of halogens is 2. The third kappa shape index (κ3) is 3.68. The fraction of sp³-hybridized carbons (Fsp3) is 0.421. The van der Waals surface area contributed by atoms with Crippen LogP contribution in [0.25, 0.3) is 6.08 Å². The van der Waals surface area contributed by atoms with E-state index in [1.807, 2.05) is 6.07 Å². The highest BCUT2D eigenvalue weighted by Crippen LogP contribution is 2.37. The van der Waals surface area contributed by atoms with Crippen LogP contribution in [0.2, 0.25) is 0 Å². The number of benzene rings is 1. The number of rotatable bonds is 5. The minimum absolute atomic E-state index is 0.0868. The molecule has 2 aliphatic rings. The molecule has 1 unspecified atom stereocenters. The maximum atomic E-state index is 13.4. The van der Waals surface area contributed by atoms with Gasteiger partial charge in [0.15, 0.2) is 0 Å². The Hall–Kier alpha value is -2.26. The molecule has 1 aromatic carbocycles. The van der Waals surface area contributed by atoms with Crippen molar-refractivity contribution in [2.45, 2.75) is 44.8 Å². The van der Waals surface area contributed by atoms with Crippen LogP contribution in [0.15, 0.2) is 35.4 Å². The van der Waals surface area contributed by atoms with Crippen molar-refractivity contribution < 1.29 is 21.9 Å². The minimum Gasteiger partial charge on any atom is -0.435 e. The zero-order chi connectivity index (χ0) is 19.7. The summed E-state index contributed by atoms with van der Waals surface area (Å²) in [6.07, 6.45) is 6.61. The Balaban J connectivity index is 1.63. The number of ether oxygens (including phenoxy) is 1. The molecule has 1 N–H and O–H groups in total. The van der Waals surface area contributed by atoms with Gasteiger partial charge in [0.25, 0.3) is 0 Å². The van der Waals surface area contributed by atoms with Gasteiger partial charge in [-0.2, -0.15) is 18.2 Å². The second-order valence-electron chi connectivity index (χ2n) is 6.99. The molecular formula is C19H21F2N3O3S. The van der Waals surface area contributed by atoms with Gasteiger partial charge in [-0.05, 0) is 61.1 Å². The quantitative estimate of drug-likeness (QED) is 0.814. The van der Waals surface area contributed by atoms with Gasteiger partial charge in [0.2, 0.25) is 10.0 Å². The van der Waals surface area contributed by atoms with Crippen LogP contribution in [-0.4, -0.2) is 36.1 Å². The molecule has 1 aliphatic heterocycles. The van der Waals surface area contributed by atoms with Crippen molar-refractivity contribution in [2.24, 2.45) is 0 Å². The van der Waals surface area contributed by atoms with E-state index in [2.05, 4.69) is 14.9 Å². The fourth-order valence-corrected chi connectivity index (χ4v) is 5.79. The summed E-state index contributed by atoms with van der Waals surface area (Å²) in [6.45, 7) is -2.41.